The number of fused-ring (bicyclic) bond motifs is 3. The first-order valence-electron chi connectivity index (χ1n) is 5.25. The van der Waals surface area contributed by atoms with Crippen LogP contribution in [0.15, 0.2) is 41.2 Å². The van der Waals surface area contributed by atoms with Gasteiger partial charge in [-0.15, -0.1) is 0 Å². The van der Waals surface area contributed by atoms with Crippen LogP contribution in [0, 0.1) is 0 Å². The topological polar surface area (TPSA) is 55.0 Å². The molecule has 0 aliphatic carbocycles. The lowest BCUT2D eigenvalue weighted by molar-refractivity contribution is 0.399. The summed E-state index contributed by atoms with van der Waals surface area (Å²) in [6, 6.07) is 10.9. The van der Waals surface area contributed by atoms with Gasteiger partial charge in [-0.05, 0) is 12.1 Å². The molecule has 0 unspecified atom stereocenters. The first kappa shape index (κ1) is 9.84. The van der Waals surface area contributed by atoms with Crippen molar-refractivity contribution in [1.29, 1.82) is 0 Å². The van der Waals surface area contributed by atoms with Gasteiger partial charge in [0.25, 0.3) is 5.56 Å². The zero-order valence-electron chi connectivity index (χ0n) is 9.23. The van der Waals surface area contributed by atoms with E-state index < -0.39 is 0 Å². The van der Waals surface area contributed by atoms with Gasteiger partial charge in [0.2, 0.25) is 5.88 Å². The van der Waals surface area contributed by atoms with Gasteiger partial charge in [0.1, 0.15) is 0 Å². The number of aromatic amines is 1. The first-order valence-corrected chi connectivity index (χ1v) is 5.25. The van der Waals surface area contributed by atoms with Crippen LogP contribution in [-0.2, 0) is 0 Å². The van der Waals surface area contributed by atoms with Crippen LogP contribution in [0.5, 0.6) is 5.88 Å². The second-order valence-electron chi connectivity index (χ2n) is 3.75. The van der Waals surface area contributed by atoms with Crippen molar-refractivity contribution in [3.8, 4) is 5.88 Å². The van der Waals surface area contributed by atoms with Crippen LogP contribution >= 0.6 is 0 Å². The van der Waals surface area contributed by atoms with E-state index >= 15 is 0 Å². The zero-order valence-corrected chi connectivity index (χ0v) is 9.23. The quantitative estimate of drug-likeness (QED) is 0.646. The number of rotatable bonds is 1. The minimum absolute atomic E-state index is 0.0972. The Morgan fingerprint density at radius 2 is 1.88 bits per heavy atom. The van der Waals surface area contributed by atoms with Crippen molar-refractivity contribution in [2.24, 2.45) is 0 Å². The van der Waals surface area contributed by atoms with E-state index in [1.165, 1.54) is 0 Å². The molecule has 84 valence electrons. The molecule has 0 bridgehead atoms. The molecule has 1 N–H and O–H groups in total. The number of hydrogen-bond acceptors (Lipinski definition) is 3. The molecule has 0 spiro atoms. The molecule has 2 heterocycles. The largest absolute Gasteiger partial charge is 0.481 e. The van der Waals surface area contributed by atoms with Crippen molar-refractivity contribution in [2.45, 2.75) is 0 Å². The van der Waals surface area contributed by atoms with E-state index in [1.54, 1.807) is 25.3 Å². The molecular weight excluding hydrogens is 216 g/mol. The molecule has 3 rings (SSSR count). The van der Waals surface area contributed by atoms with E-state index in [2.05, 4.69) is 9.97 Å². The Balaban J connectivity index is 2.56. The Morgan fingerprint density at radius 1 is 1.12 bits per heavy atom. The lowest BCUT2D eigenvalue weighted by atomic mass is 10.1. The molecule has 0 amide bonds. The molecule has 0 aliphatic rings. The molecule has 1 aromatic carbocycles. The molecule has 4 heteroatoms. The highest BCUT2D eigenvalue weighted by atomic mass is 16.5. The van der Waals surface area contributed by atoms with Gasteiger partial charge in [-0.1, -0.05) is 18.2 Å². The van der Waals surface area contributed by atoms with Crippen molar-refractivity contribution in [1.82, 2.24) is 9.97 Å². The average Bonchev–Trinajstić information content (AvgIpc) is 2.39. The van der Waals surface area contributed by atoms with Gasteiger partial charge in [0.05, 0.1) is 18.1 Å². The Hall–Kier alpha value is -2.36. The van der Waals surface area contributed by atoms with Gasteiger partial charge >= 0.3 is 0 Å². The number of nitrogens with zero attached hydrogens (tertiary/aromatic N) is 1. The average molecular weight is 226 g/mol. The number of benzene rings is 1. The minimum Gasteiger partial charge on any atom is -0.481 e. The van der Waals surface area contributed by atoms with Crippen LogP contribution in [-0.4, -0.2) is 17.1 Å². The predicted octanol–water partition coefficient (Wildman–Crippen LogP) is 2.08. The summed E-state index contributed by atoms with van der Waals surface area (Å²) in [6.45, 7) is 0. The number of pyridine rings is 2. The molecule has 0 radical (unpaired) electrons. The third-order valence-corrected chi connectivity index (χ3v) is 2.75. The van der Waals surface area contributed by atoms with E-state index in [1.807, 2.05) is 18.2 Å². The number of aromatic nitrogens is 2. The molecule has 0 aliphatic heterocycles. The summed E-state index contributed by atoms with van der Waals surface area (Å²) in [5, 5.41) is 1.48. The smallest absolute Gasteiger partial charge is 0.256 e. The van der Waals surface area contributed by atoms with Crippen LogP contribution in [0.2, 0.25) is 0 Å². The SMILES string of the molecule is COc1ccc2[nH]c(=O)c3ccccc3c2n1. The molecular formula is C13H10N2O2. The standard InChI is InChI=1S/C13H10N2O2/c1-17-11-7-6-10-12(15-11)8-4-2-3-5-9(8)13(16)14-10/h2-7H,1H3,(H,14,16). The third kappa shape index (κ3) is 1.45. The van der Waals surface area contributed by atoms with E-state index in [4.69, 9.17) is 4.74 Å². The fraction of sp³-hybridized carbons (Fsp3) is 0.0769. The summed E-state index contributed by atoms with van der Waals surface area (Å²) in [7, 11) is 1.57. The molecule has 3 aromatic rings. The Kier molecular flexibility index (Phi) is 2.08. The van der Waals surface area contributed by atoms with Gasteiger partial charge < -0.3 is 9.72 Å². The molecule has 2 aromatic heterocycles. The van der Waals surface area contributed by atoms with Crippen LogP contribution < -0.4 is 10.3 Å². The lowest BCUT2D eigenvalue weighted by Gasteiger charge is -2.04. The van der Waals surface area contributed by atoms with E-state index in [-0.39, 0.29) is 5.56 Å². The summed E-state index contributed by atoms with van der Waals surface area (Å²) >= 11 is 0. The van der Waals surface area contributed by atoms with Crippen molar-refractivity contribution in [3.63, 3.8) is 0 Å². The molecule has 4 nitrogen and oxygen atoms in total. The maximum Gasteiger partial charge on any atom is 0.256 e. The zero-order chi connectivity index (χ0) is 11.8. The normalized spacial score (nSPS) is 10.9. The molecule has 0 saturated carbocycles. The predicted molar refractivity (Wildman–Crippen MR) is 66.4 cm³/mol. The summed E-state index contributed by atoms with van der Waals surface area (Å²) in [6.07, 6.45) is 0. The number of ether oxygens (including phenoxy) is 1. The Bertz CT molecular complexity index is 762. The van der Waals surface area contributed by atoms with Gasteiger partial charge in [-0.3, -0.25) is 4.79 Å². The highest BCUT2D eigenvalue weighted by Crippen LogP contribution is 2.21. The molecule has 0 atom stereocenters. The monoisotopic (exact) mass is 226 g/mol. The second-order valence-corrected chi connectivity index (χ2v) is 3.75. The Morgan fingerprint density at radius 3 is 2.65 bits per heavy atom. The maximum absolute atomic E-state index is 11.8. The van der Waals surface area contributed by atoms with Crippen molar-refractivity contribution in [2.75, 3.05) is 7.11 Å². The summed E-state index contributed by atoms with van der Waals surface area (Å²) in [5.41, 5.74) is 1.37. The second kappa shape index (κ2) is 3.59. The van der Waals surface area contributed by atoms with E-state index in [0.717, 1.165) is 16.4 Å². The number of methoxy groups -OCH3 is 1. The van der Waals surface area contributed by atoms with Crippen molar-refractivity contribution >= 4 is 21.8 Å². The third-order valence-electron chi connectivity index (χ3n) is 2.75. The summed E-state index contributed by atoms with van der Waals surface area (Å²) in [4.78, 5) is 19.0. The van der Waals surface area contributed by atoms with Crippen LogP contribution in [0.1, 0.15) is 0 Å². The molecule has 17 heavy (non-hydrogen) atoms. The van der Waals surface area contributed by atoms with Crippen molar-refractivity contribution in [3.05, 3.63) is 46.8 Å². The molecule has 0 fully saturated rings. The summed E-state index contributed by atoms with van der Waals surface area (Å²) < 4.78 is 5.10. The van der Waals surface area contributed by atoms with Gasteiger partial charge in [-0.25, -0.2) is 4.98 Å². The first-order chi connectivity index (χ1) is 8.29. The number of H-pyrrole nitrogens is 1. The van der Waals surface area contributed by atoms with E-state index in [9.17, 15) is 4.79 Å². The van der Waals surface area contributed by atoms with Gasteiger partial charge in [0.15, 0.2) is 0 Å². The summed E-state index contributed by atoms with van der Waals surface area (Å²) in [5.74, 6) is 0.537. The fourth-order valence-corrected chi connectivity index (χ4v) is 1.94. The number of hydrogen-bond donors (Lipinski definition) is 1. The van der Waals surface area contributed by atoms with Crippen LogP contribution in [0.3, 0.4) is 0 Å². The maximum atomic E-state index is 11.8. The van der Waals surface area contributed by atoms with Gasteiger partial charge in [0, 0.05) is 16.8 Å². The highest BCUT2D eigenvalue weighted by molar-refractivity contribution is 6.02. The molecule has 0 saturated heterocycles. The fourth-order valence-electron chi connectivity index (χ4n) is 1.94. The van der Waals surface area contributed by atoms with E-state index in [0.29, 0.717) is 11.3 Å². The van der Waals surface area contributed by atoms with Crippen LogP contribution in [0.25, 0.3) is 21.8 Å². The van der Waals surface area contributed by atoms with Crippen molar-refractivity contribution < 1.29 is 4.74 Å². The van der Waals surface area contributed by atoms with Gasteiger partial charge in [-0.2, -0.15) is 0 Å². The lowest BCUT2D eigenvalue weighted by Crippen LogP contribution is -2.06. The number of nitrogens with one attached hydrogen (secondary N) is 1. The van der Waals surface area contributed by atoms with Crippen LogP contribution in [0.4, 0.5) is 0 Å². The minimum atomic E-state index is -0.0972. The Labute approximate surface area is 96.9 Å². The highest BCUT2D eigenvalue weighted by Gasteiger charge is 2.06.